The summed E-state index contributed by atoms with van der Waals surface area (Å²) < 4.78 is 0. The van der Waals surface area contributed by atoms with E-state index in [1.165, 1.54) is 5.56 Å². The summed E-state index contributed by atoms with van der Waals surface area (Å²) >= 11 is 12.4. The van der Waals surface area contributed by atoms with E-state index >= 15 is 0 Å². The number of amides is 2. The van der Waals surface area contributed by atoms with Crippen molar-refractivity contribution in [3.63, 3.8) is 0 Å². The van der Waals surface area contributed by atoms with Crippen LogP contribution >= 0.6 is 23.2 Å². The van der Waals surface area contributed by atoms with Gasteiger partial charge in [0.05, 0.1) is 6.42 Å². The maximum Gasteiger partial charge on any atom is 0.243 e. The van der Waals surface area contributed by atoms with Gasteiger partial charge in [-0.25, -0.2) is 0 Å². The minimum Gasteiger partial charge on any atom is -0.352 e. The Labute approximate surface area is 195 Å². The van der Waals surface area contributed by atoms with Gasteiger partial charge in [-0.2, -0.15) is 0 Å². The Kier molecular flexibility index (Phi) is 9.39. The predicted molar refractivity (Wildman–Crippen MR) is 129 cm³/mol. The molecular weight excluding hydrogens is 431 g/mol. The van der Waals surface area contributed by atoms with Gasteiger partial charge in [0.2, 0.25) is 11.8 Å². The molecule has 2 aromatic carbocycles. The van der Waals surface area contributed by atoms with Crippen LogP contribution in [0, 0.1) is 13.8 Å². The van der Waals surface area contributed by atoms with Gasteiger partial charge in [-0.05, 0) is 68.0 Å². The summed E-state index contributed by atoms with van der Waals surface area (Å²) in [4.78, 5) is 28.1. The first-order valence-electron chi connectivity index (χ1n) is 10.8. The van der Waals surface area contributed by atoms with Crippen LogP contribution in [0.25, 0.3) is 0 Å². The SMILES string of the molecule is CCC(C)NC(=O)C(CC)N(Cc1ccc(Cl)cc1Cl)C(=O)Cc1ccc(C)c(C)c1. The molecule has 0 saturated carbocycles. The van der Waals surface area contributed by atoms with Crippen LogP contribution in [0.2, 0.25) is 10.0 Å². The van der Waals surface area contributed by atoms with Crippen molar-refractivity contribution in [2.45, 2.75) is 72.5 Å². The molecule has 0 bridgehead atoms. The molecule has 0 aliphatic carbocycles. The van der Waals surface area contributed by atoms with Crippen LogP contribution < -0.4 is 5.32 Å². The summed E-state index contributed by atoms with van der Waals surface area (Å²) in [5, 5.41) is 4.03. The van der Waals surface area contributed by atoms with Crippen LogP contribution in [0.4, 0.5) is 0 Å². The highest BCUT2D eigenvalue weighted by atomic mass is 35.5. The summed E-state index contributed by atoms with van der Waals surface area (Å²) in [6.07, 6.45) is 1.55. The number of carbonyl (C=O) groups is 2. The minimum absolute atomic E-state index is 0.0392. The molecule has 0 aromatic heterocycles. The highest BCUT2D eigenvalue weighted by molar-refractivity contribution is 6.35. The quantitative estimate of drug-likeness (QED) is 0.505. The highest BCUT2D eigenvalue weighted by Crippen LogP contribution is 2.24. The molecule has 0 saturated heterocycles. The number of carbonyl (C=O) groups excluding carboxylic acids is 2. The molecule has 2 atom stereocenters. The van der Waals surface area contributed by atoms with Crippen molar-refractivity contribution in [2.75, 3.05) is 0 Å². The summed E-state index contributed by atoms with van der Waals surface area (Å²) in [7, 11) is 0. The topological polar surface area (TPSA) is 49.4 Å². The zero-order valence-electron chi connectivity index (χ0n) is 19.0. The van der Waals surface area contributed by atoms with Crippen LogP contribution in [0.1, 0.15) is 55.9 Å². The second-order valence-electron chi connectivity index (χ2n) is 8.09. The first-order chi connectivity index (χ1) is 14.7. The van der Waals surface area contributed by atoms with E-state index in [4.69, 9.17) is 23.2 Å². The van der Waals surface area contributed by atoms with Crippen LogP contribution in [0.3, 0.4) is 0 Å². The van der Waals surface area contributed by atoms with Crippen molar-refractivity contribution in [1.82, 2.24) is 10.2 Å². The zero-order chi connectivity index (χ0) is 23.1. The molecule has 0 heterocycles. The molecule has 0 spiro atoms. The first kappa shape index (κ1) is 25.2. The molecule has 0 aliphatic rings. The number of rotatable bonds is 9. The second-order valence-corrected chi connectivity index (χ2v) is 8.94. The van der Waals surface area contributed by atoms with Gasteiger partial charge in [-0.15, -0.1) is 0 Å². The highest BCUT2D eigenvalue weighted by Gasteiger charge is 2.29. The van der Waals surface area contributed by atoms with E-state index in [1.54, 1.807) is 23.1 Å². The van der Waals surface area contributed by atoms with Crippen LogP contribution in [-0.4, -0.2) is 28.8 Å². The van der Waals surface area contributed by atoms with Crippen molar-refractivity contribution in [3.05, 3.63) is 68.7 Å². The van der Waals surface area contributed by atoms with Crippen LogP contribution in [-0.2, 0) is 22.6 Å². The van der Waals surface area contributed by atoms with E-state index in [9.17, 15) is 9.59 Å². The zero-order valence-corrected chi connectivity index (χ0v) is 20.5. The van der Waals surface area contributed by atoms with Gasteiger partial charge >= 0.3 is 0 Å². The second kappa shape index (κ2) is 11.5. The molecule has 2 unspecified atom stereocenters. The van der Waals surface area contributed by atoms with Crippen molar-refractivity contribution in [3.8, 4) is 0 Å². The Morgan fingerprint density at radius 1 is 1.00 bits per heavy atom. The van der Waals surface area contributed by atoms with Gasteiger partial charge < -0.3 is 10.2 Å². The third kappa shape index (κ3) is 6.98. The molecule has 4 nitrogen and oxygen atoms in total. The van der Waals surface area contributed by atoms with E-state index in [2.05, 4.69) is 5.32 Å². The fourth-order valence-electron chi connectivity index (χ4n) is 3.38. The molecule has 1 N–H and O–H groups in total. The summed E-state index contributed by atoms with van der Waals surface area (Å²) in [6, 6.07) is 10.7. The lowest BCUT2D eigenvalue weighted by molar-refractivity contribution is -0.141. The normalized spacial score (nSPS) is 12.9. The van der Waals surface area contributed by atoms with Crippen LogP contribution in [0.5, 0.6) is 0 Å². The number of nitrogens with zero attached hydrogens (tertiary/aromatic N) is 1. The van der Waals surface area contributed by atoms with E-state index in [0.29, 0.717) is 16.5 Å². The number of hydrogen-bond acceptors (Lipinski definition) is 2. The molecule has 0 aliphatic heterocycles. The third-order valence-corrected chi connectivity index (χ3v) is 6.26. The van der Waals surface area contributed by atoms with Gasteiger partial charge in [0.15, 0.2) is 0 Å². The summed E-state index contributed by atoms with van der Waals surface area (Å²) in [5.41, 5.74) is 4.01. The smallest absolute Gasteiger partial charge is 0.243 e. The number of halogens is 2. The third-order valence-electron chi connectivity index (χ3n) is 5.67. The van der Waals surface area contributed by atoms with Gasteiger partial charge in [0.25, 0.3) is 0 Å². The van der Waals surface area contributed by atoms with Crippen molar-refractivity contribution in [2.24, 2.45) is 0 Å². The monoisotopic (exact) mass is 462 g/mol. The van der Waals surface area contributed by atoms with E-state index in [-0.39, 0.29) is 30.8 Å². The van der Waals surface area contributed by atoms with Crippen molar-refractivity contribution < 1.29 is 9.59 Å². The van der Waals surface area contributed by atoms with Gasteiger partial charge in [-0.1, -0.05) is 61.3 Å². The van der Waals surface area contributed by atoms with E-state index < -0.39 is 6.04 Å². The molecule has 31 heavy (non-hydrogen) atoms. The lowest BCUT2D eigenvalue weighted by Crippen LogP contribution is -2.51. The molecule has 2 aromatic rings. The maximum atomic E-state index is 13.4. The van der Waals surface area contributed by atoms with E-state index in [0.717, 1.165) is 23.1 Å². The van der Waals surface area contributed by atoms with Gasteiger partial charge in [-0.3, -0.25) is 9.59 Å². The number of hydrogen-bond donors (Lipinski definition) is 1. The molecule has 2 amide bonds. The lowest BCUT2D eigenvalue weighted by atomic mass is 10.0. The molecule has 2 rings (SSSR count). The predicted octanol–water partition coefficient (Wildman–Crippen LogP) is 5.87. The Bertz CT molecular complexity index is 930. The minimum atomic E-state index is -0.584. The summed E-state index contributed by atoms with van der Waals surface area (Å²) in [6.45, 7) is 10.2. The van der Waals surface area contributed by atoms with Crippen molar-refractivity contribution >= 4 is 35.0 Å². The molecule has 6 heteroatoms. The summed E-state index contributed by atoms with van der Waals surface area (Å²) in [5.74, 6) is -0.254. The average molecular weight is 463 g/mol. The molecular formula is C25H32Cl2N2O2. The standard InChI is InChI=1S/C25H32Cl2N2O2/c1-6-18(5)28-25(31)23(7-2)29(15-20-10-11-21(26)14-22(20)27)24(30)13-19-9-8-16(3)17(4)12-19/h8-12,14,18,23H,6-7,13,15H2,1-5H3,(H,28,31). The molecule has 0 fully saturated rings. The Morgan fingerprint density at radius 2 is 1.71 bits per heavy atom. The van der Waals surface area contributed by atoms with Gasteiger partial charge in [0, 0.05) is 22.6 Å². The van der Waals surface area contributed by atoms with Crippen LogP contribution in [0.15, 0.2) is 36.4 Å². The first-order valence-corrected chi connectivity index (χ1v) is 11.5. The number of aryl methyl sites for hydroxylation is 2. The fraction of sp³-hybridized carbons (Fsp3) is 0.440. The number of nitrogens with one attached hydrogen (secondary N) is 1. The Balaban J connectivity index is 2.35. The fourth-order valence-corrected chi connectivity index (χ4v) is 3.85. The Hall–Kier alpha value is -2.04. The average Bonchev–Trinajstić information content (AvgIpc) is 2.71. The largest absolute Gasteiger partial charge is 0.352 e. The van der Waals surface area contributed by atoms with Crippen molar-refractivity contribution in [1.29, 1.82) is 0 Å². The van der Waals surface area contributed by atoms with E-state index in [1.807, 2.05) is 52.8 Å². The maximum absolute atomic E-state index is 13.4. The lowest BCUT2D eigenvalue weighted by Gasteiger charge is -2.32. The Morgan fingerprint density at radius 3 is 2.29 bits per heavy atom. The van der Waals surface area contributed by atoms with Gasteiger partial charge in [0.1, 0.15) is 6.04 Å². The number of benzene rings is 2. The molecule has 168 valence electrons. The molecule has 0 radical (unpaired) electrons.